The van der Waals surface area contributed by atoms with Crippen molar-refractivity contribution in [2.75, 3.05) is 12.8 Å². The van der Waals surface area contributed by atoms with Crippen molar-refractivity contribution in [3.05, 3.63) is 0 Å². The Morgan fingerprint density at radius 2 is 1.67 bits per heavy atom. The third kappa shape index (κ3) is 5.17. The molecule has 2 aliphatic carbocycles. The van der Waals surface area contributed by atoms with Crippen LogP contribution in [0.15, 0.2) is 0 Å². The van der Waals surface area contributed by atoms with Gasteiger partial charge in [-0.3, -0.25) is 4.79 Å². The maximum atomic E-state index is 12.3. The van der Waals surface area contributed by atoms with Gasteiger partial charge in [-0.05, 0) is 25.2 Å². The summed E-state index contributed by atoms with van der Waals surface area (Å²) in [6.45, 7) is 0. The minimum atomic E-state index is -0.668. The summed E-state index contributed by atoms with van der Waals surface area (Å²) in [5.74, 6) is 1.47. The Labute approximate surface area is 134 Å². The number of carbonyl (C=O) groups is 1. The largest absolute Gasteiger partial charge is 0.358 e. The maximum Gasteiger partial charge on any atom is 0.240 e. The number of thioether (sulfide) groups is 1. The fourth-order valence-electron chi connectivity index (χ4n) is 3.87. The molecule has 0 heterocycles. The molecule has 2 fully saturated rings. The molecule has 2 saturated carbocycles. The summed E-state index contributed by atoms with van der Waals surface area (Å²) in [5, 5.41) is 3.53. The molecule has 0 bridgehead atoms. The molecule has 3 nitrogen and oxygen atoms in total. The Kier molecular flexibility index (Phi) is 6.87. The van der Waals surface area contributed by atoms with Crippen LogP contribution >= 0.6 is 11.8 Å². The highest BCUT2D eigenvalue weighted by Crippen LogP contribution is 2.34. The molecule has 0 aromatic carbocycles. The quantitative estimate of drug-likeness (QED) is 0.789. The van der Waals surface area contributed by atoms with Gasteiger partial charge in [-0.15, -0.1) is 0 Å². The zero-order chi connectivity index (χ0) is 15.1. The van der Waals surface area contributed by atoms with Crippen molar-refractivity contribution in [1.29, 1.82) is 0 Å². The van der Waals surface area contributed by atoms with Crippen LogP contribution in [0, 0.1) is 5.92 Å². The second-order valence-corrected chi connectivity index (χ2v) is 8.30. The molecule has 122 valence electrons. The molecule has 2 aliphatic rings. The summed E-state index contributed by atoms with van der Waals surface area (Å²) in [6, 6.07) is 0. The smallest absolute Gasteiger partial charge is 0.240 e. The van der Waals surface area contributed by atoms with E-state index in [0.717, 1.165) is 17.4 Å². The molecule has 0 aliphatic heterocycles. The van der Waals surface area contributed by atoms with E-state index in [1.54, 1.807) is 7.05 Å². The highest BCUT2D eigenvalue weighted by atomic mass is 32.2. The predicted molar refractivity (Wildman–Crippen MR) is 91.5 cm³/mol. The average molecular weight is 313 g/mol. The number of hydrogen-bond donors (Lipinski definition) is 2. The molecular formula is C17H32N2OS. The normalized spacial score (nSPS) is 24.5. The van der Waals surface area contributed by atoms with Crippen LogP contribution in [0.4, 0.5) is 0 Å². The molecule has 0 aromatic rings. The molecule has 1 amide bonds. The molecule has 21 heavy (non-hydrogen) atoms. The first-order chi connectivity index (χ1) is 10.1. The molecule has 0 saturated heterocycles. The number of amides is 1. The van der Waals surface area contributed by atoms with Crippen molar-refractivity contribution >= 4 is 17.7 Å². The van der Waals surface area contributed by atoms with Gasteiger partial charge in [0.25, 0.3) is 0 Å². The minimum absolute atomic E-state index is 0.0383. The van der Waals surface area contributed by atoms with Gasteiger partial charge in [-0.2, -0.15) is 11.8 Å². The second-order valence-electron chi connectivity index (χ2n) is 7.01. The number of nitrogens with two attached hydrogens (primary N) is 1. The summed E-state index contributed by atoms with van der Waals surface area (Å²) < 4.78 is 0. The SMILES string of the molecule is CNC(=O)C(N)(CSC1CCCCC1)CC1CCCCC1. The number of rotatable bonds is 6. The molecule has 0 aromatic heterocycles. The van der Waals surface area contributed by atoms with Crippen molar-refractivity contribution < 1.29 is 4.79 Å². The van der Waals surface area contributed by atoms with Gasteiger partial charge in [0.05, 0.1) is 0 Å². The molecule has 4 heteroatoms. The van der Waals surface area contributed by atoms with Crippen molar-refractivity contribution in [3.8, 4) is 0 Å². The number of nitrogens with one attached hydrogen (secondary N) is 1. The topological polar surface area (TPSA) is 55.1 Å². The van der Waals surface area contributed by atoms with Crippen LogP contribution in [-0.4, -0.2) is 29.5 Å². The average Bonchev–Trinajstić information content (AvgIpc) is 2.54. The Morgan fingerprint density at radius 1 is 1.10 bits per heavy atom. The standard InChI is InChI=1S/C17H32N2OS/c1-19-16(20)17(18,12-14-8-4-2-5-9-14)13-21-15-10-6-3-7-11-15/h14-15H,2-13,18H2,1H3,(H,19,20). The zero-order valence-electron chi connectivity index (χ0n) is 13.5. The van der Waals surface area contributed by atoms with E-state index in [1.165, 1.54) is 64.2 Å². The van der Waals surface area contributed by atoms with Crippen LogP contribution in [0.1, 0.15) is 70.6 Å². The summed E-state index contributed by atoms with van der Waals surface area (Å²) in [7, 11) is 1.72. The lowest BCUT2D eigenvalue weighted by molar-refractivity contribution is -0.125. The van der Waals surface area contributed by atoms with E-state index in [4.69, 9.17) is 5.73 Å². The van der Waals surface area contributed by atoms with Crippen molar-refractivity contribution in [3.63, 3.8) is 0 Å². The van der Waals surface area contributed by atoms with Crippen LogP contribution in [0.3, 0.4) is 0 Å². The fourth-order valence-corrected chi connectivity index (χ4v) is 5.32. The maximum absolute atomic E-state index is 12.3. The lowest BCUT2D eigenvalue weighted by Crippen LogP contribution is -2.56. The Morgan fingerprint density at radius 3 is 2.24 bits per heavy atom. The van der Waals surface area contributed by atoms with Crippen LogP contribution in [0.25, 0.3) is 0 Å². The summed E-state index contributed by atoms with van der Waals surface area (Å²) in [6.07, 6.45) is 14.0. The van der Waals surface area contributed by atoms with Gasteiger partial charge >= 0.3 is 0 Å². The number of likely N-dealkylation sites (N-methyl/N-ethyl adjacent to an activating group) is 1. The molecule has 0 radical (unpaired) electrons. The Bertz CT molecular complexity index is 325. The minimum Gasteiger partial charge on any atom is -0.358 e. The summed E-state index contributed by atoms with van der Waals surface area (Å²) in [5.41, 5.74) is 5.90. The van der Waals surface area contributed by atoms with Crippen LogP contribution in [-0.2, 0) is 4.79 Å². The third-order valence-corrected chi connectivity index (χ3v) is 6.81. The van der Waals surface area contributed by atoms with E-state index in [1.807, 2.05) is 11.8 Å². The van der Waals surface area contributed by atoms with Gasteiger partial charge < -0.3 is 11.1 Å². The molecule has 1 unspecified atom stereocenters. The van der Waals surface area contributed by atoms with E-state index in [0.29, 0.717) is 5.92 Å². The van der Waals surface area contributed by atoms with E-state index >= 15 is 0 Å². The lowest BCUT2D eigenvalue weighted by Gasteiger charge is -2.34. The molecule has 2 rings (SSSR count). The van der Waals surface area contributed by atoms with Crippen molar-refractivity contribution in [1.82, 2.24) is 5.32 Å². The molecule has 0 spiro atoms. The van der Waals surface area contributed by atoms with E-state index < -0.39 is 5.54 Å². The fraction of sp³-hybridized carbons (Fsp3) is 0.941. The van der Waals surface area contributed by atoms with Gasteiger partial charge in [0.1, 0.15) is 5.54 Å². The van der Waals surface area contributed by atoms with Gasteiger partial charge in [-0.1, -0.05) is 51.4 Å². The molecule has 3 N–H and O–H groups in total. The van der Waals surface area contributed by atoms with Gasteiger partial charge in [0.15, 0.2) is 0 Å². The monoisotopic (exact) mass is 312 g/mol. The summed E-state index contributed by atoms with van der Waals surface area (Å²) >= 11 is 1.95. The first-order valence-electron chi connectivity index (χ1n) is 8.77. The van der Waals surface area contributed by atoms with Gasteiger partial charge in [-0.25, -0.2) is 0 Å². The van der Waals surface area contributed by atoms with Crippen LogP contribution < -0.4 is 11.1 Å². The van der Waals surface area contributed by atoms with Crippen molar-refractivity contribution in [2.24, 2.45) is 11.7 Å². The number of carbonyl (C=O) groups excluding carboxylic acids is 1. The Hall–Kier alpha value is -0.220. The first-order valence-corrected chi connectivity index (χ1v) is 9.81. The first kappa shape index (κ1) is 17.1. The van der Waals surface area contributed by atoms with E-state index in [2.05, 4.69) is 5.32 Å². The van der Waals surface area contributed by atoms with Gasteiger partial charge in [0, 0.05) is 18.1 Å². The predicted octanol–water partition coefficient (Wildman–Crippen LogP) is 3.47. The van der Waals surface area contributed by atoms with Crippen LogP contribution in [0.2, 0.25) is 0 Å². The van der Waals surface area contributed by atoms with Crippen LogP contribution in [0.5, 0.6) is 0 Å². The molecule has 1 atom stereocenters. The van der Waals surface area contributed by atoms with Gasteiger partial charge in [0.2, 0.25) is 5.91 Å². The van der Waals surface area contributed by atoms with E-state index in [-0.39, 0.29) is 5.91 Å². The van der Waals surface area contributed by atoms with E-state index in [9.17, 15) is 4.79 Å². The number of hydrogen-bond acceptors (Lipinski definition) is 3. The lowest BCUT2D eigenvalue weighted by atomic mass is 9.80. The molecular weight excluding hydrogens is 280 g/mol. The zero-order valence-corrected chi connectivity index (χ0v) is 14.4. The van der Waals surface area contributed by atoms with Crippen molar-refractivity contribution in [2.45, 2.75) is 81.4 Å². The third-order valence-electron chi connectivity index (χ3n) is 5.19. The summed E-state index contributed by atoms with van der Waals surface area (Å²) in [4.78, 5) is 12.3. The second kappa shape index (κ2) is 8.42. The highest BCUT2D eigenvalue weighted by molar-refractivity contribution is 8.00. The highest BCUT2D eigenvalue weighted by Gasteiger charge is 2.37. The Balaban J connectivity index is 1.89.